The van der Waals surface area contributed by atoms with Crippen LogP contribution in [0, 0.1) is 17.2 Å². The number of nitriles is 1. The van der Waals surface area contributed by atoms with Crippen LogP contribution in [0.15, 0.2) is 30.5 Å². The summed E-state index contributed by atoms with van der Waals surface area (Å²) >= 11 is 0. The van der Waals surface area contributed by atoms with Crippen molar-refractivity contribution in [2.75, 3.05) is 0 Å². The number of halogens is 3. The first-order valence-electron chi connectivity index (χ1n) is 7.39. The van der Waals surface area contributed by atoms with Crippen LogP contribution in [0.3, 0.4) is 0 Å². The highest BCUT2D eigenvalue weighted by atomic mass is 19.4. The normalized spacial score (nSPS) is 17.9. The van der Waals surface area contributed by atoms with E-state index in [4.69, 9.17) is 5.26 Å². The van der Waals surface area contributed by atoms with Crippen molar-refractivity contribution in [2.24, 2.45) is 5.92 Å². The lowest BCUT2D eigenvalue weighted by Gasteiger charge is -2.17. The SMILES string of the molecule is N#Cc1ccc(-c2ncc3c(n2)CCC(C(F)(F)F)CC3)cc1. The highest BCUT2D eigenvalue weighted by Gasteiger charge is 2.39. The molecule has 0 N–H and O–H groups in total. The third kappa shape index (κ3) is 3.34. The topological polar surface area (TPSA) is 49.6 Å². The molecule has 1 aliphatic rings. The van der Waals surface area contributed by atoms with E-state index in [2.05, 4.69) is 9.97 Å². The van der Waals surface area contributed by atoms with E-state index in [0.717, 1.165) is 11.1 Å². The third-order valence-electron chi connectivity index (χ3n) is 4.18. The zero-order valence-electron chi connectivity index (χ0n) is 12.3. The molecule has 3 nitrogen and oxygen atoms in total. The number of aromatic nitrogens is 2. The first-order chi connectivity index (χ1) is 11.0. The minimum atomic E-state index is -4.15. The Bertz CT molecular complexity index is 745. The van der Waals surface area contributed by atoms with Gasteiger partial charge in [0.25, 0.3) is 0 Å². The molecule has 1 aliphatic carbocycles. The van der Waals surface area contributed by atoms with E-state index in [1.807, 2.05) is 6.07 Å². The van der Waals surface area contributed by atoms with Crippen LogP contribution in [0.2, 0.25) is 0 Å². The Labute approximate surface area is 131 Å². The smallest absolute Gasteiger partial charge is 0.236 e. The van der Waals surface area contributed by atoms with Gasteiger partial charge in [0, 0.05) is 17.5 Å². The van der Waals surface area contributed by atoms with Crippen LogP contribution in [0.1, 0.15) is 29.7 Å². The average Bonchev–Trinajstić information content (AvgIpc) is 2.76. The van der Waals surface area contributed by atoms with Gasteiger partial charge in [0.05, 0.1) is 17.6 Å². The van der Waals surface area contributed by atoms with Gasteiger partial charge in [-0.1, -0.05) is 0 Å². The summed E-state index contributed by atoms with van der Waals surface area (Å²) in [5, 5.41) is 8.81. The van der Waals surface area contributed by atoms with Crippen LogP contribution in [0.5, 0.6) is 0 Å². The molecule has 0 spiro atoms. The molecule has 0 amide bonds. The second-order valence-corrected chi connectivity index (χ2v) is 5.67. The first kappa shape index (κ1) is 15.5. The third-order valence-corrected chi connectivity index (χ3v) is 4.18. The predicted molar refractivity (Wildman–Crippen MR) is 78.4 cm³/mol. The van der Waals surface area contributed by atoms with E-state index >= 15 is 0 Å². The quantitative estimate of drug-likeness (QED) is 0.745. The van der Waals surface area contributed by atoms with E-state index in [9.17, 15) is 13.2 Å². The van der Waals surface area contributed by atoms with Gasteiger partial charge in [-0.3, -0.25) is 0 Å². The van der Waals surface area contributed by atoms with Crippen LogP contribution in [-0.4, -0.2) is 16.1 Å². The summed E-state index contributed by atoms with van der Waals surface area (Å²) in [6.45, 7) is 0. The molecule has 2 aromatic rings. The maximum absolute atomic E-state index is 12.9. The predicted octanol–water partition coefficient (Wildman–Crippen LogP) is 4.07. The van der Waals surface area contributed by atoms with Gasteiger partial charge in [-0.25, -0.2) is 9.97 Å². The van der Waals surface area contributed by atoms with Crippen molar-refractivity contribution >= 4 is 0 Å². The lowest BCUT2D eigenvalue weighted by atomic mass is 9.99. The highest BCUT2D eigenvalue weighted by Crippen LogP contribution is 2.36. The van der Waals surface area contributed by atoms with Crippen molar-refractivity contribution < 1.29 is 13.2 Å². The Hall–Kier alpha value is -2.42. The van der Waals surface area contributed by atoms with Crippen molar-refractivity contribution in [1.29, 1.82) is 5.26 Å². The van der Waals surface area contributed by atoms with E-state index < -0.39 is 12.1 Å². The van der Waals surface area contributed by atoms with Gasteiger partial charge >= 0.3 is 6.18 Å². The molecule has 1 unspecified atom stereocenters. The molecule has 1 atom stereocenters. The lowest BCUT2D eigenvalue weighted by molar-refractivity contribution is -0.177. The fourth-order valence-corrected chi connectivity index (χ4v) is 2.81. The van der Waals surface area contributed by atoms with Gasteiger partial charge in [0.1, 0.15) is 0 Å². The van der Waals surface area contributed by atoms with E-state index in [-0.39, 0.29) is 12.8 Å². The van der Waals surface area contributed by atoms with Crippen molar-refractivity contribution in [2.45, 2.75) is 31.9 Å². The summed E-state index contributed by atoms with van der Waals surface area (Å²) in [6.07, 6.45) is -1.69. The first-order valence-corrected chi connectivity index (χ1v) is 7.39. The minimum Gasteiger partial charge on any atom is -0.236 e. The van der Waals surface area contributed by atoms with Gasteiger partial charge in [-0.15, -0.1) is 0 Å². The number of benzene rings is 1. The second-order valence-electron chi connectivity index (χ2n) is 5.67. The molecule has 0 saturated heterocycles. The molecule has 0 fully saturated rings. The van der Waals surface area contributed by atoms with Crippen LogP contribution in [-0.2, 0) is 12.8 Å². The van der Waals surface area contributed by atoms with Gasteiger partial charge < -0.3 is 0 Å². The highest BCUT2D eigenvalue weighted by molar-refractivity contribution is 5.56. The van der Waals surface area contributed by atoms with Crippen molar-refractivity contribution in [1.82, 2.24) is 9.97 Å². The Kier molecular flexibility index (Phi) is 4.03. The summed E-state index contributed by atoms with van der Waals surface area (Å²) in [5.74, 6) is -0.784. The van der Waals surface area contributed by atoms with Gasteiger partial charge in [0.15, 0.2) is 5.82 Å². The molecular weight excluding hydrogens is 303 g/mol. The molecule has 1 aromatic carbocycles. The fourth-order valence-electron chi connectivity index (χ4n) is 2.81. The molecule has 3 rings (SSSR count). The average molecular weight is 317 g/mol. The van der Waals surface area contributed by atoms with Crippen LogP contribution < -0.4 is 0 Å². The van der Waals surface area contributed by atoms with Crippen LogP contribution in [0.25, 0.3) is 11.4 Å². The number of hydrogen-bond donors (Lipinski definition) is 0. The molecule has 1 heterocycles. The number of alkyl halides is 3. The molecular formula is C17H14F3N3. The maximum Gasteiger partial charge on any atom is 0.391 e. The number of hydrogen-bond acceptors (Lipinski definition) is 3. The van der Waals surface area contributed by atoms with E-state index in [0.29, 0.717) is 29.9 Å². The van der Waals surface area contributed by atoms with Crippen LogP contribution in [0.4, 0.5) is 13.2 Å². The zero-order chi connectivity index (χ0) is 16.4. The summed E-state index contributed by atoms with van der Waals surface area (Å²) in [7, 11) is 0. The lowest BCUT2D eigenvalue weighted by Crippen LogP contribution is -2.22. The van der Waals surface area contributed by atoms with Crippen molar-refractivity contribution in [3.8, 4) is 17.5 Å². The molecule has 0 bridgehead atoms. The molecule has 23 heavy (non-hydrogen) atoms. The summed E-state index contributed by atoms with van der Waals surface area (Å²) < 4.78 is 38.7. The standard InChI is InChI=1S/C17H14F3N3/c18-17(19,20)14-6-5-13-10-22-16(23-15(13)8-7-14)12-3-1-11(9-21)2-4-12/h1-4,10,14H,5-8H2. The van der Waals surface area contributed by atoms with Gasteiger partial charge in [-0.05, 0) is 55.5 Å². The van der Waals surface area contributed by atoms with Crippen LogP contribution >= 0.6 is 0 Å². The number of fused-ring (bicyclic) bond motifs is 1. The van der Waals surface area contributed by atoms with E-state index in [1.54, 1.807) is 30.5 Å². The maximum atomic E-state index is 12.9. The minimum absolute atomic E-state index is 0.0698. The molecule has 118 valence electrons. The Morgan fingerprint density at radius 2 is 1.78 bits per heavy atom. The number of rotatable bonds is 1. The van der Waals surface area contributed by atoms with Crippen molar-refractivity contribution in [3.63, 3.8) is 0 Å². The van der Waals surface area contributed by atoms with E-state index in [1.165, 1.54) is 0 Å². The molecule has 0 saturated carbocycles. The number of aryl methyl sites for hydroxylation is 2. The molecule has 6 heteroatoms. The van der Waals surface area contributed by atoms with Gasteiger partial charge in [0.2, 0.25) is 0 Å². The fraction of sp³-hybridized carbons (Fsp3) is 0.353. The van der Waals surface area contributed by atoms with Crippen molar-refractivity contribution in [3.05, 3.63) is 47.3 Å². The zero-order valence-corrected chi connectivity index (χ0v) is 12.3. The summed E-state index contributed by atoms with van der Waals surface area (Å²) in [5.41, 5.74) is 2.79. The summed E-state index contributed by atoms with van der Waals surface area (Å²) in [4.78, 5) is 8.73. The molecule has 0 aliphatic heterocycles. The number of nitrogens with zero attached hydrogens (tertiary/aromatic N) is 3. The second kappa shape index (κ2) is 5.99. The summed E-state index contributed by atoms with van der Waals surface area (Å²) in [6, 6.07) is 8.87. The van der Waals surface area contributed by atoms with Gasteiger partial charge in [-0.2, -0.15) is 18.4 Å². The largest absolute Gasteiger partial charge is 0.391 e. The monoisotopic (exact) mass is 317 g/mol. The Morgan fingerprint density at radius 3 is 2.43 bits per heavy atom. The Morgan fingerprint density at radius 1 is 1.09 bits per heavy atom. The molecule has 0 radical (unpaired) electrons. The molecule has 1 aromatic heterocycles. The Balaban J connectivity index is 1.86.